The summed E-state index contributed by atoms with van der Waals surface area (Å²) in [6.45, 7) is 4.25. The van der Waals surface area contributed by atoms with Gasteiger partial charge in [-0.1, -0.05) is 48.0 Å². The van der Waals surface area contributed by atoms with E-state index in [1.54, 1.807) is 18.2 Å². The van der Waals surface area contributed by atoms with Crippen LogP contribution < -0.4 is 5.32 Å². The molecular formula is C12H16BrF2N. The van der Waals surface area contributed by atoms with Crippen molar-refractivity contribution in [1.29, 1.82) is 0 Å². The molecule has 90 valence electrons. The summed E-state index contributed by atoms with van der Waals surface area (Å²) < 4.78 is 28.0. The molecule has 0 fully saturated rings. The van der Waals surface area contributed by atoms with Crippen LogP contribution in [0.25, 0.3) is 0 Å². The first kappa shape index (κ1) is 13.6. The van der Waals surface area contributed by atoms with Gasteiger partial charge in [-0.3, -0.25) is 0 Å². The molecule has 0 aliphatic rings. The molecule has 0 atom stereocenters. The molecule has 0 aliphatic heterocycles. The maximum absolute atomic E-state index is 13.8. The van der Waals surface area contributed by atoms with Gasteiger partial charge in [-0.05, 0) is 18.5 Å². The first-order valence-electron chi connectivity index (χ1n) is 5.27. The van der Waals surface area contributed by atoms with Crippen LogP contribution in [-0.2, 0) is 5.92 Å². The van der Waals surface area contributed by atoms with Gasteiger partial charge in [0.2, 0.25) is 0 Å². The Labute approximate surface area is 103 Å². The number of halogens is 3. The van der Waals surface area contributed by atoms with Crippen molar-refractivity contribution in [3.63, 3.8) is 0 Å². The monoisotopic (exact) mass is 291 g/mol. The summed E-state index contributed by atoms with van der Waals surface area (Å²) in [5, 5.41) is 2.78. The molecule has 4 heteroatoms. The van der Waals surface area contributed by atoms with Gasteiger partial charge in [-0.25, -0.2) is 0 Å². The van der Waals surface area contributed by atoms with E-state index in [-0.39, 0.29) is 12.1 Å². The van der Waals surface area contributed by atoms with Crippen molar-refractivity contribution in [2.24, 2.45) is 5.92 Å². The van der Waals surface area contributed by atoms with E-state index in [9.17, 15) is 8.78 Å². The molecule has 1 nitrogen and oxygen atoms in total. The van der Waals surface area contributed by atoms with Crippen molar-refractivity contribution in [3.05, 3.63) is 34.3 Å². The van der Waals surface area contributed by atoms with Gasteiger partial charge in [0.05, 0.1) is 6.54 Å². The van der Waals surface area contributed by atoms with Crippen molar-refractivity contribution in [2.45, 2.75) is 19.8 Å². The van der Waals surface area contributed by atoms with E-state index in [1.807, 2.05) is 13.8 Å². The SMILES string of the molecule is CC(C)CNCC(F)(F)c1ccccc1Br. The molecule has 1 aromatic carbocycles. The Balaban J connectivity index is 2.66. The van der Waals surface area contributed by atoms with Gasteiger partial charge >= 0.3 is 0 Å². The molecule has 0 radical (unpaired) electrons. The second kappa shape index (κ2) is 5.73. The summed E-state index contributed by atoms with van der Waals surface area (Å²) in [6, 6.07) is 6.43. The Morgan fingerprint density at radius 1 is 1.31 bits per heavy atom. The van der Waals surface area contributed by atoms with Gasteiger partial charge in [0.15, 0.2) is 0 Å². The first-order valence-corrected chi connectivity index (χ1v) is 6.06. The molecule has 0 unspecified atom stereocenters. The lowest BCUT2D eigenvalue weighted by atomic mass is 10.1. The minimum atomic E-state index is -2.84. The number of benzene rings is 1. The molecule has 0 saturated heterocycles. The second-order valence-corrected chi connectivity index (χ2v) is 5.06. The molecule has 0 amide bonds. The van der Waals surface area contributed by atoms with Crippen LogP contribution in [0.3, 0.4) is 0 Å². The molecule has 0 saturated carbocycles. The molecular weight excluding hydrogens is 276 g/mol. The van der Waals surface area contributed by atoms with Gasteiger partial charge in [0.1, 0.15) is 0 Å². The van der Waals surface area contributed by atoms with Crippen LogP contribution in [0.2, 0.25) is 0 Å². The third-order valence-electron chi connectivity index (χ3n) is 2.17. The zero-order valence-electron chi connectivity index (χ0n) is 9.43. The Morgan fingerprint density at radius 2 is 1.94 bits per heavy atom. The maximum Gasteiger partial charge on any atom is 0.286 e. The van der Waals surface area contributed by atoms with E-state index in [0.717, 1.165) is 0 Å². The maximum atomic E-state index is 13.8. The third kappa shape index (κ3) is 3.83. The summed E-state index contributed by atoms with van der Waals surface area (Å²) in [5.41, 5.74) is 0.0336. The normalized spacial score (nSPS) is 12.1. The summed E-state index contributed by atoms with van der Waals surface area (Å²) in [4.78, 5) is 0. The minimum Gasteiger partial charge on any atom is -0.311 e. The van der Waals surface area contributed by atoms with Crippen LogP contribution >= 0.6 is 15.9 Å². The standard InChI is InChI=1S/C12H16BrF2N/c1-9(2)7-16-8-12(14,15)10-5-3-4-6-11(10)13/h3-6,9,16H,7-8H2,1-2H3. The highest BCUT2D eigenvalue weighted by molar-refractivity contribution is 9.10. The molecule has 1 rings (SSSR count). The quantitative estimate of drug-likeness (QED) is 0.870. The van der Waals surface area contributed by atoms with Gasteiger partial charge in [0.25, 0.3) is 5.92 Å². The lowest BCUT2D eigenvalue weighted by Crippen LogP contribution is -2.33. The minimum absolute atomic E-state index is 0.0336. The van der Waals surface area contributed by atoms with E-state index in [2.05, 4.69) is 21.2 Å². The van der Waals surface area contributed by atoms with Crippen LogP contribution in [0.5, 0.6) is 0 Å². The summed E-state index contributed by atoms with van der Waals surface area (Å²) >= 11 is 3.15. The predicted molar refractivity (Wildman–Crippen MR) is 65.7 cm³/mol. The number of rotatable bonds is 5. The van der Waals surface area contributed by atoms with Crippen LogP contribution in [0, 0.1) is 5.92 Å². The van der Waals surface area contributed by atoms with E-state index in [1.165, 1.54) is 6.07 Å². The summed E-state index contributed by atoms with van der Waals surface area (Å²) in [7, 11) is 0. The fourth-order valence-corrected chi connectivity index (χ4v) is 1.95. The van der Waals surface area contributed by atoms with Gasteiger partial charge in [-0.15, -0.1) is 0 Å². The summed E-state index contributed by atoms with van der Waals surface area (Å²) in [6.07, 6.45) is 0. The number of hydrogen-bond donors (Lipinski definition) is 1. The largest absolute Gasteiger partial charge is 0.311 e. The lowest BCUT2D eigenvalue weighted by molar-refractivity contribution is -0.00425. The molecule has 1 N–H and O–H groups in total. The number of hydrogen-bond acceptors (Lipinski definition) is 1. The zero-order valence-corrected chi connectivity index (χ0v) is 11.0. The molecule has 16 heavy (non-hydrogen) atoms. The second-order valence-electron chi connectivity index (χ2n) is 4.21. The van der Waals surface area contributed by atoms with Gasteiger partial charge in [-0.2, -0.15) is 8.78 Å². The van der Waals surface area contributed by atoms with Gasteiger partial charge < -0.3 is 5.32 Å². The Kier molecular flexibility index (Phi) is 4.87. The molecule has 1 aromatic rings. The van der Waals surface area contributed by atoms with Crippen molar-refractivity contribution < 1.29 is 8.78 Å². The van der Waals surface area contributed by atoms with Crippen molar-refractivity contribution >= 4 is 15.9 Å². The molecule has 0 spiro atoms. The number of nitrogens with one attached hydrogen (secondary N) is 1. The molecule has 0 bridgehead atoms. The smallest absolute Gasteiger partial charge is 0.286 e. The Hall–Kier alpha value is -0.480. The molecule has 0 aromatic heterocycles. The summed E-state index contributed by atoms with van der Waals surface area (Å²) in [5.74, 6) is -2.47. The molecule has 0 aliphatic carbocycles. The highest BCUT2D eigenvalue weighted by atomic mass is 79.9. The predicted octanol–water partition coefficient (Wildman–Crippen LogP) is 3.79. The van der Waals surface area contributed by atoms with E-state index in [4.69, 9.17) is 0 Å². The average molecular weight is 292 g/mol. The van der Waals surface area contributed by atoms with Crippen LogP contribution in [0.15, 0.2) is 28.7 Å². The van der Waals surface area contributed by atoms with E-state index < -0.39 is 5.92 Å². The van der Waals surface area contributed by atoms with Crippen LogP contribution in [0.1, 0.15) is 19.4 Å². The fraction of sp³-hybridized carbons (Fsp3) is 0.500. The van der Waals surface area contributed by atoms with Crippen molar-refractivity contribution in [2.75, 3.05) is 13.1 Å². The molecule has 0 heterocycles. The highest BCUT2D eigenvalue weighted by Crippen LogP contribution is 2.32. The Bertz CT molecular complexity index is 340. The highest BCUT2D eigenvalue weighted by Gasteiger charge is 2.32. The first-order chi connectivity index (χ1) is 7.43. The fourth-order valence-electron chi connectivity index (χ4n) is 1.37. The Morgan fingerprint density at radius 3 is 2.50 bits per heavy atom. The number of alkyl halides is 2. The average Bonchev–Trinajstić information content (AvgIpc) is 2.17. The van der Waals surface area contributed by atoms with Crippen LogP contribution in [-0.4, -0.2) is 13.1 Å². The van der Waals surface area contributed by atoms with Crippen molar-refractivity contribution in [3.8, 4) is 0 Å². The zero-order chi connectivity index (χ0) is 12.2. The van der Waals surface area contributed by atoms with Crippen LogP contribution in [0.4, 0.5) is 8.78 Å². The van der Waals surface area contributed by atoms with E-state index in [0.29, 0.717) is 16.9 Å². The lowest BCUT2D eigenvalue weighted by Gasteiger charge is -2.19. The topological polar surface area (TPSA) is 12.0 Å². The third-order valence-corrected chi connectivity index (χ3v) is 2.86. The van der Waals surface area contributed by atoms with Gasteiger partial charge in [0, 0.05) is 10.0 Å². The van der Waals surface area contributed by atoms with E-state index >= 15 is 0 Å². The van der Waals surface area contributed by atoms with Crippen molar-refractivity contribution in [1.82, 2.24) is 5.32 Å².